The molecule has 35 heavy (non-hydrogen) atoms. The zero-order valence-corrected chi connectivity index (χ0v) is 19.9. The average molecular weight is 466 g/mol. The maximum Gasteiger partial charge on any atom is 0.187 e. The van der Waals surface area contributed by atoms with Crippen molar-refractivity contribution in [3.63, 3.8) is 0 Å². The first-order valence-corrected chi connectivity index (χ1v) is 11.9. The Balaban J connectivity index is 1.33. The highest BCUT2D eigenvalue weighted by molar-refractivity contribution is 5.86. The van der Waals surface area contributed by atoms with Crippen LogP contribution in [0.3, 0.4) is 0 Å². The van der Waals surface area contributed by atoms with Gasteiger partial charge in [-0.2, -0.15) is 0 Å². The van der Waals surface area contributed by atoms with Gasteiger partial charge in [0.05, 0.1) is 20.8 Å². The topological polar surface area (TPSA) is 51.1 Å². The smallest absolute Gasteiger partial charge is 0.187 e. The van der Waals surface area contributed by atoms with Crippen molar-refractivity contribution in [3.8, 4) is 17.2 Å². The number of nitrogens with one attached hydrogen (secondary N) is 1. The maximum absolute atomic E-state index is 7.13. The average Bonchev–Trinajstić information content (AvgIpc) is 3.26. The highest BCUT2D eigenvalue weighted by Gasteiger charge is 2.34. The molecule has 6 rings (SSSR count). The van der Waals surface area contributed by atoms with E-state index in [1.807, 2.05) is 30.3 Å². The van der Waals surface area contributed by atoms with Gasteiger partial charge >= 0.3 is 0 Å². The van der Waals surface area contributed by atoms with Crippen LogP contribution in [0.2, 0.25) is 0 Å². The number of aromatic amines is 1. The molecular weight excluding hydrogens is 438 g/mol. The normalized spacial score (nSPS) is 16.7. The van der Waals surface area contributed by atoms with Crippen molar-refractivity contribution >= 4 is 16.6 Å². The molecule has 0 saturated carbocycles. The summed E-state index contributed by atoms with van der Waals surface area (Å²) in [4.78, 5) is 9.67. The van der Waals surface area contributed by atoms with E-state index in [0.717, 1.165) is 48.7 Å². The molecule has 176 valence electrons. The first kappa shape index (κ1) is 21.6. The molecule has 1 N–H and O–H groups in total. The number of methoxy groups -OCH3 is 2. The second-order valence-electron chi connectivity index (χ2n) is 9.20. The van der Waals surface area contributed by atoms with E-state index in [0.29, 0.717) is 18.3 Å². The number of aromatic nitrogens is 1. The molecule has 1 atom stereocenters. The van der Waals surface area contributed by atoms with E-state index in [4.69, 9.17) is 20.8 Å². The zero-order valence-electron chi connectivity index (χ0n) is 19.9. The van der Waals surface area contributed by atoms with Crippen LogP contribution in [0.25, 0.3) is 15.7 Å². The number of ether oxygens (including phenoxy) is 3. The van der Waals surface area contributed by atoms with Crippen LogP contribution >= 0.6 is 0 Å². The van der Waals surface area contributed by atoms with Crippen molar-refractivity contribution in [1.29, 1.82) is 0 Å². The van der Waals surface area contributed by atoms with Crippen molar-refractivity contribution in [2.24, 2.45) is 0 Å². The number of nitrogens with zero attached hydrogens (tertiary/aromatic N) is 2. The number of fused-ring (bicyclic) bond motifs is 6. The molecule has 0 bridgehead atoms. The van der Waals surface area contributed by atoms with Crippen molar-refractivity contribution in [2.45, 2.75) is 32.0 Å². The van der Waals surface area contributed by atoms with E-state index in [9.17, 15) is 0 Å². The highest BCUT2D eigenvalue weighted by Crippen LogP contribution is 2.44. The van der Waals surface area contributed by atoms with Crippen LogP contribution in [0.4, 0.5) is 5.69 Å². The molecule has 3 aromatic carbocycles. The van der Waals surface area contributed by atoms with Gasteiger partial charge in [-0.25, -0.2) is 4.85 Å². The van der Waals surface area contributed by atoms with Gasteiger partial charge in [0.25, 0.3) is 0 Å². The fourth-order valence-electron chi connectivity index (χ4n) is 5.46. The Kier molecular flexibility index (Phi) is 5.35. The van der Waals surface area contributed by atoms with Gasteiger partial charge in [0, 0.05) is 35.7 Å². The third-order valence-electron chi connectivity index (χ3n) is 7.31. The number of hydrogen-bond acceptors (Lipinski definition) is 4. The van der Waals surface area contributed by atoms with Gasteiger partial charge in [-0.1, -0.05) is 24.3 Å². The Morgan fingerprint density at radius 3 is 2.66 bits per heavy atom. The third kappa shape index (κ3) is 3.78. The minimum Gasteiger partial charge on any atom is -0.497 e. The molecule has 0 saturated heterocycles. The summed E-state index contributed by atoms with van der Waals surface area (Å²) in [7, 11) is 3.41. The van der Waals surface area contributed by atoms with Gasteiger partial charge in [-0.3, -0.25) is 4.90 Å². The second-order valence-corrected chi connectivity index (χ2v) is 9.20. The first-order valence-electron chi connectivity index (χ1n) is 11.9. The lowest BCUT2D eigenvalue weighted by Crippen LogP contribution is -2.39. The molecule has 0 aliphatic carbocycles. The van der Waals surface area contributed by atoms with Crippen LogP contribution in [0.5, 0.6) is 17.2 Å². The summed E-state index contributed by atoms with van der Waals surface area (Å²) >= 11 is 0. The van der Waals surface area contributed by atoms with Gasteiger partial charge in [-0.05, 0) is 65.4 Å². The molecule has 2 aliphatic rings. The number of hydrogen-bond donors (Lipinski definition) is 1. The van der Waals surface area contributed by atoms with Crippen molar-refractivity contribution in [1.82, 2.24) is 9.88 Å². The summed E-state index contributed by atoms with van der Waals surface area (Å²) in [6.45, 7) is 9.49. The summed E-state index contributed by atoms with van der Waals surface area (Å²) in [6.07, 6.45) is 1.93. The standard InChI is InChI=1S/C29H27N3O3/c1-30-20-6-4-18(5-7-20)17-35-29-15-22-19(12-28(29)34-3)10-11-32-16-26-24(14-27(22)32)23-13-21(33-2)8-9-25(23)31-26/h4-9,12-13,15,27,31H,10-11,14,16-17H2,2-3H3. The molecule has 0 radical (unpaired) electrons. The number of rotatable bonds is 5. The van der Waals surface area contributed by atoms with Gasteiger partial charge in [0.15, 0.2) is 17.2 Å². The maximum atomic E-state index is 7.13. The molecule has 3 heterocycles. The van der Waals surface area contributed by atoms with Gasteiger partial charge in [0.1, 0.15) is 12.4 Å². The van der Waals surface area contributed by atoms with Crippen LogP contribution in [0.15, 0.2) is 54.6 Å². The summed E-state index contributed by atoms with van der Waals surface area (Å²) in [5, 5.41) is 1.25. The summed E-state index contributed by atoms with van der Waals surface area (Å²) < 4.78 is 17.4. The van der Waals surface area contributed by atoms with E-state index in [-0.39, 0.29) is 0 Å². The molecule has 0 spiro atoms. The molecule has 0 fully saturated rings. The number of H-pyrrole nitrogens is 1. The van der Waals surface area contributed by atoms with Crippen LogP contribution < -0.4 is 14.2 Å². The summed E-state index contributed by atoms with van der Waals surface area (Å²) in [5.41, 5.74) is 8.16. The lowest BCUT2D eigenvalue weighted by molar-refractivity contribution is 0.158. The van der Waals surface area contributed by atoms with Crippen LogP contribution in [-0.4, -0.2) is 30.6 Å². The molecule has 1 aromatic heterocycles. The minimum absolute atomic E-state index is 0.294. The molecule has 1 unspecified atom stereocenters. The van der Waals surface area contributed by atoms with Crippen molar-refractivity contribution in [3.05, 3.63) is 94.0 Å². The summed E-state index contributed by atoms with van der Waals surface area (Å²) in [5.74, 6) is 2.41. The van der Waals surface area contributed by atoms with E-state index in [2.05, 4.69) is 39.0 Å². The predicted molar refractivity (Wildman–Crippen MR) is 135 cm³/mol. The Labute approximate surface area is 204 Å². The van der Waals surface area contributed by atoms with E-state index < -0.39 is 0 Å². The molecule has 6 nitrogen and oxygen atoms in total. The molecule has 0 amide bonds. The second kappa shape index (κ2) is 8.68. The third-order valence-corrected chi connectivity index (χ3v) is 7.31. The van der Waals surface area contributed by atoms with Gasteiger partial charge in [0.2, 0.25) is 0 Å². The Morgan fingerprint density at radius 1 is 1.03 bits per heavy atom. The quantitative estimate of drug-likeness (QED) is 0.369. The zero-order chi connectivity index (χ0) is 23.9. The Bertz CT molecular complexity index is 1450. The van der Waals surface area contributed by atoms with Crippen LogP contribution in [0.1, 0.15) is 34.0 Å². The fourth-order valence-corrected chi connectivity index (χ4v) is 5.46. The van der Waals surface area contributed by atoms with Gasteiger partial charge < -0.3 is 19.2 Å². The Hall–Kier alpha value is -3.95. The highest BCUT2D eigenvalue weighted by atomic mass is 16.5. The molecule has 2 aliphatic heterocycles. The Morgan fingerprint density at radius 2 is 1.89 bits per heavy atom. The lowest BCUT2D eigenvalue weighted by atomic mass is 9.85. The minimum atomic E-state index is 0.294. The van der Waals surface area contributed by atoms with Crippen molar-refractivity contribution < 1.29 is 14.2 Å². The van der Waals surface area contributed by atoms with Crippen LogP contribution in [-0.2, 0) is 26.0 Å². The monoisotopic (exact) mass is 465 g/mol. The molecular formula is C29H27N3O3. The van der Waals surface area contributed by atoms with Crippen molar-refractivity contribution in [2.75, 3.05) is 20.8 Å². The van der Waals surface area contributed by atoms with E-state index in [1.54, 1.807) is 14.2 Å². The van der Waals surface area contributed by atoms with Gasteiger partial charge in [-0.15, -0.1) is 0 Å². The largest absolute Gasteiger partial charge is 0.497 e. The lowest BCUT2D eigenvalue weighted by Gasteiger charge is -2.40. The van der Waals surface area contributed by atoms with E-state index in [1.165, 1.54) is 33.3 Å². The van der Waals surface area contributed by atoms with E-state index >= 15 is 0 Å². The number of benzene rings is 3. The SMILES string of the molecule is [C-]#[N+]c1ccc(COc2cc3c(cc2OC)CCN2Cc4[nH]c5ccc(OC)cc5c4CC32)cc1. The first-order chi connectivity index (χ1) is 17.2. The molecule has 4 aromatic rings. The fraction of sp³-hybridized carbons (Fsp3) is 0.276. The predicted octanol–water partition coefficient (Wildman–Crippen LogP) is 5.97. The summed E-state index contributed by atoms with van der Waals surface area (Å²) in [6, 6.07) is 18.4. The molecule has 6 heteroatoms. The van der Waals surface area contributed by atoms with Crippen LogP contribution in [0, 0.1) is 6.57 Å².